The van der Waals surface area contributed by atoms with Gasteiger partial charge in [0.25, 0.3) is 0 Å². The molecule has 1 aromatic rings. The summed E-state index contributed by atoms with van der Waals surface area (Å²) in [7, 11) is 0. The van der Waals surface area contributed by atoms with Crippen molar-refractivity contribution in [3.05, 3.63) is 23.8 Å². The fourth-order valence-electron chi connectivity index (χ4n) is 2.13. The molecule has 6 nitrogen and oxygen atoms in total. The Morgan fingerprint density at radius 1 is 1.63 bits per heavy atom. The SMILES string of the molecule is CC(CC(=O)O)N1CC(=O)Nc2ccc(C#N)cc21. The normalized spacial score (nSPS) is 15.2. The lowest BCUT2D eigenvalue weighted by Gasteiger charge is -2.35. The number of carbonyl (C=O) groups excluding carboxylic acids is 1. The van der Waals surface area contributed by atoms with Gasteiger partial charge in [-0.25, -0.2) is 0 Å². The van der Waals surface area contributed by atoms with Crippen LogP contribution in [0.3, 0.4) is 0 Å². The molecule has 2 rings (SSSR count). The molecule has 2 N–H and O–H groups in total. The molecule has 0 saturated heterocycles. The highest BCUT2D eigenvalue weighted by Gasteiger charge is 2.27. The first-order valence-corrected chi connectivity index (χ1v) is 5.83. The molecule has 1 heterocycles. The van der Waals surface area contributed by atoms with E-state index in [1.807, 2.05) is 6.07 Å². The number of hydrogen-bond acceptors (Lipinski definition) is 4. The van der Waals surface area contributed by atoms with Crippen molar-refractivity contribution in [1.82, 2.24) is 0 Å². The van der Waals surface area contributed by atoms with Gasteiger partial charge in [-0.3, -0.25) is 9.59 Å². The molecule has 0 bridgehead atoms. The summed E-state index contributed by atoms with van der Waals surface area (Å²) in [4.78, 5) is 24.1. The van der Waals surface area contributed by atoms with E-state index in [0.717, 1.165) is 0 Å². The molecule has 1 aromatic carbocycles. The summed E-state index contributed by atoms with van der Waals surface area (Å²) in [6.07, 6.45) is -0.0660. The largest absolute Gasteiger partial charge is 0.481 e. The highest BCUT2D eigenvalue weighted by atomic mass is 16.4. The van der Waals surface area contributed by atoms with Crippen molar-refractivity contribution in [2.24, 2.45) is 0 Å². The number of nitrogens with one attached hydrogen (secondary N) is 1. The Balaban J connectivity index is 2.39. The summed E-state index contributed by atoms with van der Waals surface area (Å²) in [6.45, 7) is 1.84. The van der Waals surface area contributed by atoms with E-state index in [4.69, 9.17) is 10.4 Å². The Bertz CT molecular complexity index is 577. The Kier molecular flexibility index (Phi) is 3.38. The van der Waals surface area contributed by atoms with Gasteiger partial charge in [0.05, 0.1) is 36.0 Å². The molecule has 0 fully saturated rings. The topological polar surface area (TPSA) is 93.4 Å². The molecule has 0 aliphatic carbocycles. The zero-order valence-electron chi connectivity index (χ0n) is 10.4. The molecule has 1 aliphatic heterocycles. The standard InChI is InChI=1S/C13H13N3O3/c1-8(4-13(18)19)16-7-12(17)15-10-3-2-9(6-14)5-11(10)16/h2-3,5,8H,4,7H2,1H3,(H,15,17)(H,18,19). The first kappa shape index (κ1) is 12.9. The predicted octanol–water partition coefficient (Wildman–Crippen LogP) is 1.18. The Labute approximate surface area is 110 Å². The third-order valence-corrected chi connectivity index (χ3v) is 3.03. The smallest absolute Gasteiger partial charge is 0.305 e. The minimum absolute atomic E-state index is 0.0660. The zero-order chi connectivity index (χ0) is 14.0. The number of rotatable bonds is 3. The number of fused-ring (bicyclic) bond motifs is 1. The van der Waals surface area contributed by atoms with Crippen molar-refractivity contribution in [3.63, 3.8) is 0 Å². The quantitative estimate of drug-likeness (QED) is 0.850. The maximum absolute atomic E-state index is 11.6. The van der Waals surface area contributed by atoms with Crippen LogP contribution in [-0.4, -0.2) is 29.6 Å². The minimum Gasteiger partial charge on any atom is -0.481 e. The summed E-state index contributed by atoms with van der Waals surface area (Å²) >= 11 is 0. The number of benzene rings is 1. The van der Waals surface area contributed by atoms with E-state index in [9.17, 15) is 9.59 Å². The van der Waals surface area contributed by atoms with Crippen LogP contribution in [0.5, 0.6) is 0 Å². The fourth-order valence-corrected chi connectivity index (χ4v) is 2.13. The molecular formula is C13H13N3O3. The second-order valence-electron chi connectivity index (χ2n) is 4.47. The molecule has 1 atom stereocenters. The highest BCUT2D eigenvalue weighted by Crippen LogP contribution is 2.32. The number of aliphatic carboxylic acids is 1. The van der Waals surface area contributed by atoms with E-state index < -0.39 is 5.97 Å². The van der Waals surface area contributed by atoms with E-state index >= 15 is 0 Å². The Hall–Kier alpha value is -2.55. The van der Waals surface area contributed by atoms with Gasteiger partial charge in [0.1, 0.15) is 0 Å². The van der Waals surface area contributed by atoms with Gasteiger partial charge in [-0.2, -0.15) is 5.26 Å². The molecule has 1 aliphatic rings. The van der Waals surface area contributed by atoms with Gasteiger partial charge in [-0.05, 0) is 25.1 Å². The van der Waals surface area contributed by atoms with Gasteiger partial charge in [-0.15, -0.1) is 0 Å². The second kappa shape index (κ2) is 4.98. The van der Waals surface area contributed by atoms with Crippen LogP contribution in [0.1, 0.15) is 18.9 Å². The Morgan fingerprint density at radius 3 is 3.00 bits per heavy atom. The third kappa shape index (κ3) is 2.65. The van der Waals surface area contributed by atoms with E-state index in [1.54, 1.807) is 30.0 Å². The monoisotopic (exact) mass is 259 g/mol. The zero-order valence-corrected chi connectivity index (χ0v) is 10.4. The molecule has 0 saturated carbocycles. The van der Waals surface area contributed by atoms with E-state index in [1.165, 1.54) is 0 Å². The van der Waals surface area contributed by atoms with Crippen LogP contribution in [0, 0.1) is 11.3 Å². The lowest BCUT2D eigenvalue weighted by molar-refractivity contribution is -0.137. The first-order chi connectivity index (χ1) is 9.01. The van der Waals surface area contributed by atoms with E-state index in [2.05, 4.69) is 5.32 Å². The van der Waals surface area contributed by atoms with Crippen LogP contribution in [-0.2, 0) is 9.59 Å². The Morgan fingerprint density at radius 2 is 2.37 bits per heavy atom. The van der Waals surface area contributed by atoms with Crippen molar-refractivity contribution < 1.29 is 14.7 Å². The van der Waals surface area contributed by atoms with Crippen LogP contribution in [0.25, 0.3) is 0 Å². The minimum atomic E-state index is -0.920. The van der Waals surface area contributed by atoms with Crippen LogP contribution >= 0.6 is 0 Å². The molecule has 0 spiro atoms. The number of carboxylic acids is 1. The van der Waals surface area contributed by atoms with Crippen molar-refractivity contribution in [1.29, 1.82) is 5.26 Å². The number of amides is 1. The van der Waals surface area contributed by atoms with Crippen molar-refractivity contribution in [3.8, 4) is 6.07 Å². The van der Waals surface area contributed by atoms with Crippen LogP contribution < -0.4 is 10.2 Å². The van der Waals surface area contributed by atoms with Gasteiger partial charge in [0, 0.05) is 6.04 Å². The predicted molar refractivity (Wildman–Crippen MR) is 68.8 cm³/mol. The highest BCUT2D eigenvalue weighted by molar-refractivity contribution is 6.01. The van der Waals surface area contributed by atoms with Crippen molar-refractivity contribution >= 4 is 23.3 Å². The lowest BCUT2D eigenvalue weighted by Crippen LogP contribution is -2.44. The van der Waals surface area contributed by atoms with E-state index in [-0.39, 0.29) is 24.9 Å². The number of nitrogens with zero attached hydrogens (tertiary/aromatic N) is 2. The molecule has 1 amide bonds. The van der Waals surface area contributed by atoms with Gasteiger partial charge in [0.2, 0.25) is 5.91 Å². The summed E-state index contributed by atoms with van der Waals surface area (Å²) in [5, 5.41) is 20.5. The molecule has 1 unspecified atom stereocenters. The molecule has 0 radical (unpaired) electrons. The van der Waals surface area contributed by atoms with Crippen molar-refractivity contribution in [2.45, 2.75) is 19.4 Å². The molecule has 0 aromatic heterocycles. The van der Waals surface area contributed by atoms with Gasteiger partial charge < -0.3 is 15.3 Å². The summed E-state index contributed by atoms with van der Waals surface area (Å²) < 4.78 is 0. The summed E-state index contributed by atoms with van der Waals surface area (Å²) in [6, 6.07) is 6.64. The van der Waals surface area contributed by atoms with Crippen molar-refractivity contribution in [2.75, 3.05) is 16.8 Å². The van der Waals surface area contributed by atoms with Crippen LogP contribution in [0.4, 0.5) is 11.4 Å². The van der Waals surface area contributed by atoms with Gasteiger partial charge >= 0.3 is 5.97 Å². The molecule has 98 valence electrons. The van der Waals surface area contributed by atoms with E-state index in [0.29, 0.717) is 16.9 Å². The number of anilines is 2. The average Bonchev–Trinajstić information content (AvgIpc) is 2.36. The maximum atomic E-state index is 11.6. The number of nitriles is 1. The van der Waals surface area contributed by atoms with Gasteiger partial charge in [-0.1, -0.05) is 0 Å². The number of hydrogen-bond donors (Lipinski definition) is 2. The van der Waals surface area contributed by atoms with Crippen LogP contribution in [0.15, 0.2) is 18.2 Å². The summed E-state index contributed by atoms with van der Waals surface area (Å²) in [5.41, 5.74) is 1.77. The average molecular weight is 259 g/mol. The maximum Gasteiger partial charge on any atom is 0.305 e. The third-order valence-electron chi connectivity index (χ3n) is 3.03. The lowest BCUT2D eigenvalue weighted by atomic mass is 10.1. The second-order valence-corrected chi connectivity index (χ2v) is 4.47. The fraction of sp³-hybridized carbons (Fsp3) is 0.308. The summed E-state index contributed by atoms with van der Waals surface area (Å²) in [5.74, 6) is -1.11. The first-order valence-electron chi connectivity index (χ1n) is 5.83. The molecular weight excluding hydrogens is 246 g/mol. The van der Waals surface area contributed by atoms with Crippen LogP contribution in [0.2, 0.25) is 0 Å². The number of carboxylic acid groups (broad SMARTS) is 1. The number of carbonyl (C=O) groups is 2. The molecule has 6 heteroatoms. The molecule has 19 heavy (non-hydrogen) atoms. The van der Waals surface area contributed by atoms with Gasteiger partial charge in [0.15, 0.2) is 0 Å².